The van der Waals surface area contributed by atoms with E-state index in [4.69, 9.17) is 4.55 Å². The third-order valence-electron chi connectivity index (χ3n) is 1.04. The molecule has 0 aliphatic rings. The average Bonchev–Trinajstić information content (AvgIpc) is 2.11. The first kappa shape index (κ1) is 10.4. The van der Waals surface area contributed by atoms with Crippen molar-refractivity contribution in [1.82, 2.24) is 9.78 Å². The quantitative estimate of drug-likeness (QED) is 0.650. The van der Waals surface area contributed by atoms with Crippen molar-refractivity contribution in [2.24, 2.45) is 7.05 Å². The molecule has 1 rings (SSSR count). The second-order valence-corrected chi connectivity index (χ2v) is 3.14. The molecule has 1 aromatic rings. The summed E-state index contributed by atoms with van der Waals surface area (Å²) in [5.41, 5.74) is 0. The smallest absolute Gasteiger partial charge is 0.281 e. The summed E-state index contributed by atoms with van der Waals surface area (Å²) in [5.74, 6) is 0. The monoisotopic (exact) mass is 198 g/mol. The summed E-state index contributed by atoms with van der Waals surface area (Å²) in [6.45, 7) is 0. The minimum atomic E-state index is -4.09. The average molecular weight is 199 g/mol. The van der Waals surface area contributed by atoms with Gasteiger partial charge in [0.25, 0.3) is 0 Å². The van der Waals surface area contributed by atoms with Gasteiger partial charge in [0.2, 0.25) is 0 Å². The highest BCUT2D eigenvalue weighted by Gasteiger charge is 2.12. The Morgan fingerprint density at radius 3 is 2.36 bits per heavy atom. The highest BCUT2D eigenvalue weighted by Crippen LogP contribution is 2.03. The molecule has 7 heteroatoms. The number of aromatic nitrogens is 2. The molecule has 0 radical (unpaired) electrons. The van der Waals surface area contributed by atoms with E-state index in [1.807, 2.05) is 0 Å². The SMILES string of the molecule is Cl.Cn1nccc1S(=O)(=O)O. The summed E-state index contributed by atoms with van der Waals surface area (Å²) in [7, 11) is -2.66. The van der Waals surface area contributed by atoms with E-state index in [1.54, 1.807) is 0 Å². The van der Waals surface area contributed by atoms with Crippen LogP contribution in [-0.2, 0) is 17.2 Å². The van der Waals surface area contributed by atoms with Crippen LogP contribution in [-0.4, -0.2) is 22.8 Å². The summed E-state index contributed by atoms with van der Waals surface area (Å²) in [6, 6.07) is 1.22. The van der Waals surface area contributed by atoms with Crippen LogP contribution in [0, 0.1) is 0 Å². The Balaban J connectivity index is 0.000001000. The maximum atomic E-state index is 10.4. The zero-order valence-electron chi connectivity index (χ0n) is 5.63. The van der Waals surface area contributed by atoms with Gasteiger partial charge in [-0.3, -0.25) is 9.23 Å². The molecule has 5 nitrogen and oxygen atoms in total. The standard InChI is InChI=1S/C4H6N2O3S.ClH/c1-6-4(2-3-5-6)10(7,8)9;/h2-3H,1H3,(H,7,8,9);1H. The van der Waals surface area contributed by atoms with Crippen molar-refractivity contribution in [3.05, 3.63) is 12.3 Å². The molecule has 0 aliphatic carbocycles. The van der Waals surface area contributed by atoms with Crippen LogP contribution in [0.15, 0.2) is 17.3 Å². The minimum absolute atomic E-state index is 0. The minimum Gasteiger partial charge on any atom is -0.281 e. The van der Waals surface area contributed by atoms with Gasteiger partial charge in [-0.15, -0.1) is 12.4 Å². The van der Waals surface area contributed by atoms with Gasteiger partial charge in [-0.05, 0) is 6.07 Å². The van der Waals surface area contributed by atoms with Crippen LogP contribution >= 0.6 is 12.4 Å². The van der Waals surface area contributed by atoms with Crippen LogP contribution in [0.4, 0.5) is 0 Å². The van der Waals surface area contributed by atoms with Gasteiger partial charge >= 0.3 is 10.1 Å². The first-order valence-corrected chi connectivity index (χ1v) is 3.91. The predicted octanol–water partition coefficient (Wildman–Crippen LogP) is 0.0886. The van der Waals surface area contributed by atoms with Crippen molar-refractivity contribution in [2.75, 3.05) is 0 Å². The Morgan fingerprint density at radius 1 is 1.64 bits per heavy atom. The molecule has 11 heavy (non-hydrogen) atoms. The largest absolute Gasteiger partial charge is 0.311 e. The van der Waals surface area contributed by atoms with Crippen molar-refractivity contribution in [1.29, 1.82) is 0 Å². The van der Waals surface area contributed by atoms with Gasteiger partial charge in [0, 0.05) is 7.05 Å². The molecule has 0 atom stereocenters. The molecule has 0 saturated carbocycles. The van der Waals surface area contributed by atoms with E-state index in [0.29, 0.717) is 0 Å². The lowest BCUT2D eigenvalue weighted by Gasteiger charge is -1.94. The van der Waals surface area contributed by atoms with Gasteiger partial charge in [0.15, 0.2) is 5.03 Å². The van der Waals surface area contributed by atoms with Crippen LogP contribution in [0.1, 0.15) is 0 Å². The van der Waals surface area contributed by atoms with E-state index in [9.17, 15) is 8.42 Å². The van der Waals surface area contributed by atoms with E-state index >= 15 is 0 Å². The molecule has 1 aromatic heterocycles. The fourth-order valence-corrected chi connectivity index (χ4v) is 1.23. The van der Waals surface area contributed by atoms with E-state index in [1.165, 1.54) is 19.3 Å². The molecular weight excluding hydrogens is 192 g/mol. The van der Waals surface area contributed by atoms with Gasteiger partial charge in [-0.2, -0.15) is 13.5 Å². The second-order valence-electron chi connectivity index (χ2n) is 1.77. The molecule has 0 bridgehead atoms. The van der Waals surface area contributed by atoms with Gasteiger partial charge in [0.1, 0.15) is 0 Å². The predicted molar refractivity (Wildman–Crippen MR) is 40.3 cm³/mol. The first-order chi connectivity index (χ1) is 4.52. The van der Waals surface area contributed by atoms with Crippen molar-refractivity contribution >= 4 is 22.5 Å². The third kappa shape index (κ3) is 2.18. The van der Waals surface area contributed by atoms with Gasteiger partial charge in [-0.25, -0.2) is 0 Å². The van der Waals surface area contributed by atoms with Crippen molar-refractivity contribution < 1.29 is 13.0 Å². The number of nitrogens with zero attached hydrogens (tertiary/aromatic N) is 2. The van der Waals surface area contributed by atoms with E-state index in [2.05, 4.69) is 5.10 Å². The van der Waals surface area contributed by atoms with Crippen molar-refractivity contribution in [3.63, 3.8) is 0 Å². The van der Waals surface area contributed by atoms with Gasteiger partial charge < -0.3 is 0 Å². The fraction of sp³-hybridized carbons (Fsp3) is 0.250. The zero-order valence-corrected chi connectivity index (χ0v) is 7.26. The lowest BCUT2D eigenvalue weighted by atomic mass is 10.7. The molecule has 0 aromatic carbocycles. The molecule has 0 saturated heterocycles. The molecule has 0 aliphatic heterocycles. The summed E-state index contributed by atoms with van der Waals surface area (Å²) in [5, 5.41) is 3.36. The van der Waals surface area contributed by atoms with Crippen LogP contribution in [0.2, 0.25) is 0 Å². The Morgan fingerprint density at radius 2 is 2.18 bits per heavy atom. The Labute approximate surface area is 70.2 Å². The molecular formula is C4H7ClN2O3S. The first-order valence-electron chi connectivity index (χ1n) is 2.47. The van der Waals surface area contributed by atoms with E-state index < -0.39 is 10.1 Å². The Bertz CT molecular complexity index is 331. The lowest BCUT2D eigenvalue weighted by Crippen LogP contribution is -2.05. The Kier molecular flexibility index (Phi) is 3.03. The summed E-state index contributed by atoms with van der Waals surface area (Å²) in [6.07, 6.45) is 1.29. The molecule has 1 heterocycles. The van der Waals surface area contributed by atoms with E-state index in [0.717, 1.165) is 4.68 Å². The maximum Gasteiger partial charge on any atom is 0.311 e. The summed E-state index contributed by atoms with van der Waals surface area (Å²) in [4.78, 5) is 0. The van der Waals surface area contributed by atoms with E-state index in [-0.39, 0.29) is 17.4 Å². The number of hydrogen-bond donors (Lipinski definition) is 1. The molecule has 64 valence electrons. The summed E-state index contributed by atoms with van der Waals surface area (Å²) >= 11 is 0. The lowest BCUT2D eigenvalue weighted by molar-refractivity contribution is 0.470. The third-order valence-corrected chi connectivity index (χ3v) is 1.97. The van der Waals surface area contributed by atoms with Gasteiger partial charge in [0.05, 0.1) is 6.20 Å². The molecule has 0 fully saturated rings. The second kappa shape index (κ2) is 3.21. The molecule has 1 N–H and O–H groups in total. The van der Waals surface area contributed by atoms with Gasteiger partial charge in [-0.1, -0.05) is 0 Å². The molecule has 0 amide bonds. The number of aryl methyl sites for hydroxylation is 1. The zero-order chi connectivity index (χ0) is 7.78. The number of rotatable bonds is 1. The number of hydrogen-bond acceptors (Lipinski definition) is 3. The Hall–Kier alpha value is -0.590. The van der Waals surface area contributed by atoms with Crippen LogP contribution in [0.3, 0.4) is 0 Å². The highest BCUT2D eigenvalue weighted by atomic mass is 35.5. The van der Waals surface area contributed by atoms with Crippen molar-refractivity contribution in [3.8, 4) is 0 Å². The van der Waals surface area contributed by atoms with Crippen molar-refractivity contribution in [2.45, 2.75) is 5.03 Å². The number of halogens is 1. The van der Waals surface area contributed by atoms with Crippen LogP contribution < -0.4 is 0 Å². The maximum absolute atomic E-state index is 10.4. The highest BCUT2D eigenvalue weighted by molar-refractivity contribution is 7.85. The summed E-state index contributed by atoms with van der Waals surface area (Å²) < 4.78 is 30.4. The van der Waals surface area contributed by atoms with Crippen LogP contribution in [0.25, 0.3) is 0 Å². The normalized spacial score (nSPS) is 10.7. The molecule has 0 spiro atoms. The molecule has 0 unspecified atom stereocenters. The topological polar surface area (TPSA) is 72.2 Å². The van der Waals surface area contributed by atoms with Crippen LogP contribution in [0.5, 0.6) is 0 Å². The fourth-order valence-electron chi connectivity index (χ4n) is 0.615.